The van der Waals surface area contributed by atoms with Crippen LogP contribution in [0.2, 0.25) is 0 Å². The van der Waals surface area contributed by atoms with Gasteiger partial charge in [0.25, 0.3) is 0 Å². The quantitative estimate of drug-likeness (QED) is 0.674. The molecule has 1 heterocycles. The van der Waals surface area contributed by atoms with E-state index in [0.717, 1.165) is 30.6 Å². The Balaban J connectivity index is 1.47. The van der Waals surface area contributed by atoms with Gasteiger partial charge >= 0.3 is 0 Å². The third-order valence-electron chi connectivity index (χ3n) is 5.58. The van der Waals surface area contributed by atoms with E-state index in [2.05, 4.69) is 42.3 Å². The molecule has 1 aromatic heterocycles. The molecule has 0 radical (unpaired) electrons. The van der Waals surface area contributed by atoms with E-state index in [4.69, 9.17) is 4.74 Å². The van der Waals surface area contributed by atoms with E-state index in [0.29, 0.717) is 25.0 Å². The van der Waals surface area contributed by atoms with E-state index in [1.807, 2.05) is 24.4 Å². The van der Waals surface area contributed by atoms with Crippen molar-refractivity contribution in [3.8, 4) is 5.75 Å². The summed E-state index contributed by atoms with van der Waals surface area (Å²) < 4.78 is 6.07. The van der Waals surface area contributed by atoms with Crippen LogP contribution in [-0.2, 0) is 11.2 Å². The molecule has 150 valence electrons. The Labute approximate surface area is 168 Å². The lowest BCUT2D eigenvalue weighted by Gasteiger charge is -2.21. The van der Waals surface area contributed by atoms with Crippen molar-refractivity contribution >= 4 is 5.91 Å². The Bertz CT molecular complexity index is 739. The maximum Gasteiger partial charge on any atom is 0.220 e. The highest BCUT2D eigenvalue weighted by molar-refractivity contribution is 5.76. The van der Waals surface area contributed by atoms with Crippen LogP contribution in [0.5, 0.6) is 5.75 Å². The van der Waals surface area contributed by atoms with Crippen LogP contribution in [0.1, 0.15) is 63.0 Å². The molecule has 1 aliphatic carbocycles. The fourth-order valence-electron chi connectivity index (χ4n) is 3.88. The van der Waals surface area contributed by atoms with Crippen molar-refractivity contribution < 1.29 is 9.53 Å². The van der Waals surface area contributed by atoms with Crippen LogP contribution in [0.25, 0.3) is 0 Å². The molecule has 1 aliphatic rings. The molecule has 1 saturated carbocycles. The summed E-state index contributed by atoms with van der Waals surface area (Å²) in [5.74, 6) is 1.74. The molecule has 1 aromatic carbocycles. The molecule has 0 saturated heterocycles. The SMILES string of the molecule is CC(C)[C@H](CNC(=O)CCc1cccc(OC2CCCC2)c1)c1cccnc1. The van der Waals surface area contributed by atoms with Crippen LogP contribution in [0.4, 0.5) is 0 Å². The van der Waals surface area contributed by atoms with Crippen LogP contribution in [0, 0.1) is 5.92 Å². The molecule has 4 heteroatoms. The van der Waals surface area contributed by atoms with Crippen LogP contribution in [0.15, 0.2) is 48.8 Å². The molecule has 1 N–H and O–H groups in total. The van der Waals surface area contributed by atoms with Gasteiger partial charge in [-0.15, -0.1) is 0 Å². The smallest absolute Gasteiger partial charge is 0.220 e. The molecular weight excluding hydrogens is 348 g/mol. The molecule has 0 aliphatic heterocycles. The number of nitrogens with zero attached hydrogens (tertiary/aromatic N) is 1. The highest BCUT2D eigenvalue weighted by atomic mass is 16.5. The standard InChI is InChI=1S/C24H32N2O2/c1-18(2)23(20-8-6-14-25-16-20)17-26-24(27)13-12-19-7-5-11-22(15-19)28-21-9-3-4-10-21/h5-8,11,14-16,18,21,23H,3-4,9-10,12-13,17H2,1-2H3,(H,26,27)/t23-/m0/s1. The fourth-order valence-corrected chi connectivity index (χ4v) is 3.88. The summed E-state index contributed by atoms with van der Waals surface area (Å²) in [4.78, 5) is 16.6. The number of hydrogen-bond donors (Lipinski definition) is 1. The third kappa shape index (κ3) is 6.08. The number of benzene rings is 1. The van der Waals surface area contributed by atoms with Gasteiger partial charge in [-0.2, -0.15) is 0 Å². The molecule has 1 atom stereocenters. The Hall–Kier alpha value is -2.36. The zero-order valence-corrected chi connectivity index (χ0v) is 17.1. The Morgan fingerprint density at radius 3 is 2.75 bits per heavy atom. The fraction of sp³-hybridized carbons (Fsp3) is 0.500. The lowest BCUT2D eigenvalue weighted by molar-refractivity contribution is -0.121. The second-order valence-electron chi connectivity index (χ2n) is 8.11. The van der Waals surface area contributed by atoms with Gasteiger partial charge in [-0.1, -0.05) is 32.0 Å². The highest BCUT2D eigenvalue weighted by Crippen LogP contribution is 2.25. The predicted molar refractivity (Wildman–Crippen MR) is 112 cm³/mol. The summed E-state index contributed by atoms with van der Waals surface area (Å²) in [6, 6.07) is 12.2. The van der Waals surface area contributed by atoms with Gasteiger partial charge < -0.3 is 10.1 Å². The minimum Gasteiger partial charge on any atom is -0.490 e. The van der Waals surface area contributed by atoms with Gasteiger partial charge in [0.1, 0.15) is 5.75 Å². The van der Waals surface area contributed by atoms with E-state index in [9.17, 15) is 4.79 Å². The molecule has 4 nitrogen and oxygen atoms in total. The minimum atomic E-state index is 0.0941. The van der Waals surface area contributed by atoms with Crippen molar-refractivity contribution in [3.63, 3.8) is 0 Å². The molecule has 28 heavy (non-hydrogen) atoms. The van der Waals surface area contributed by atoms with E-state index in [1.54, 1.807) is 6.20 Å². The first-order chi connectivity index (χ1) is 13.6. The average Bonchev–Trinajstić information content (AvgIpc) is 3.20. The van der Waals surface area contributed by atoms with Crippen LogP contribution < -0.4 is 10.1 Å². The maximum absolute atomic E-state index is 12.4. The summed E-state index contributed by atoms with van der Waals surface area (Å²) in [6.45, 7) is 5.01. The number of carbonyl (C=O) groups excluding carboxylic acids is 1. The minimum absolute atomic E-state index is 0.0941. The van der Waals surface area contributed by atoms with Crippen molar-refractivity contribution in [1.29, 1.82) is 0 Å². The van der Waals surface area contributed by atoms with E-state index in [-0.39, 0.29) is 11.8 Å². The predicted octanol–water partition coefficient (Wildman–Crippen LogP) is 4.89. The first-order valence-corrected chi connectivity index (χ1v) is 10.5. The second-order valence-corrected chi connectivity index (χ2v) is 8.11. The number of aryl methyl sites for hydroxylation is 1. The largest absolute Gasteiger partial charge is 0.490 e. The van der Waals surface area contributed by atoms with Crippen LogP contribution in [0.3, 0.4) is 0 Å². The summed E-state index contributed by atoms with van der Waals surface area (Å²) in [6.07, 6.45) is 10.1. The van der Waals surface area contributed by atoms with E-state index >= 15 is 0 Å². The number of aromatic nitrogens is 1. The number of amides is 1. The first-order valence-electron chi connectivity index (χ1n) is 10.5. The second kappa shape index (κ2) is 10.3. The monoisotopic (exact) mass is 380 g/mol. The molecule has 0 bridgehead atoms. The third-order valence-corrected chi connectivity index (χ3v) is 5.58. The van der Waals surface area contributed by atoms with Crippen molar-refractivity contribution in [1.82, 2.24) is 10.3 Å². The summed E-state index contributed by atoms with van der Waals surface area (Å²) in [5.41, 5.74) is 2.33. The van der Waals surface area contributed by atoms with Crippen LogP contribution in [-0.4, -0.2) is 23.5 Å². The highest BCUT2D eigenvalue weighted by Gasteiger charge is 2.18. The number of hydrogen-bond acceptors (Lipinski definition) is 3. The van der Waals surface area contributed by atoms with Gasteiger partial charge in [0, 0.05) is 31.3 Å². The summed E-state index contributed by atoms with van der Waals surface area (Å²) in [5, 5.41) is 3.11. The van der Waals surface area contributed by atoms with Gasteiger partial charge in [0.2, 0.25) is 5.91 Å². The Morgan fingerprint density at radius 2 is 2.04 bits per heavy atom. The van der Waals surface area contributed by atoms with Gasteiger partial charge in [0.05, 0.1) is 6.10 Å². The van der Waals surface area contributed by atoms with Gasteiger partial charge in [-0.25, -0.2) is 0 Å². The van der Waals surface area contributed by atoms with E-state index in [1.165, 1.54) is 18.4 Å². The average molecular weight is 381 g/mol. The van der Waals surface area contributed by atoms with Crippen molar-refractivity contribution in [2.24, 2.45) is 5.92 Å². The van der Waals surface area contributed by atoms with Gasteiger partial charge in [-0.05, 0) is 67.3 Å². The van der Waals surface area contributed by atoms with Crippen molar-refractivity contribution in [3.05, 3.63) is 59.9 Å². The van der Waals surface area contributed by atoms with Crippen LogP contribution >= 0.6 is 0 Å². The summed E-state index contributed by atoms with van der Waals surface area (Å²) in [7, 11) is 0. The first kappa shape index (κ1) is 20.4. The van der Waals surface area contributed by atoms with E-state index < -0.39 is 0 Å². The number of carbonyl (C=O) groups is 1. The lowest BCUT2D eigenvalue weighted by Crippen LogP contribution is -2.30. The lowest BCUT2D eigenvalue weighted by atomic mass is 9.89. The molecule has 1 amide bonds. The van der Waals surface area contributed by atoms with Crippen molar-refractivity contribution in [2.75, 3.05) is 6.54 Å². The zero-order chi connectivity index (χ0) is 19.8. The van der Waals surface area contributed by atoms with Crippen molar-refractivity contribution in [2.45, 2.75) is 64.4 Å². The number of ether oxygens (including phenoxy) is 1. The zero-order valence-electron chi connectivity index (χ0n) is 17.1. The van der Waals surface area contributed by atoms with Gasteiger partial charge in [-0.3, -0.25) is 9.78 Å². The Morgan fingerprint density at radius 1 is 1.21 bits per heavy atom. The molecule has 0 spiro atoms. The number of pyridine rings is 1. The molecular formula is C24H32N2O2. The maximum atomic E-state index is 12.4. The molecule has 2 aromatic rings. The summed E-state index contributed by atoms with van der Waals surface area (Å²) >= 11 is 0. The molecule has 1 fully saturated rings. The Kier molecular flexibility index (Phi) is 7.46. The normalized spacial score (nSPS) is 15.5. The molecule has 0 unspecified atom stereocenters. The number of nitrogens with one attached hydrogen (secondary N) is 1. The number of rotatable bonds is 9. The van der Waals surface area contributed by atoms with Gasteiger partial charge in [0.15, 0.2) is 0 Å². The molecule has 3 rings (SSSR count). The topological polar surface area (TPSA) is 51.2 Å².